The number of nitrogens with one attached hydrogen (secondary N) is 1. The lowest BCUT2D eigenvalue weighted by Gasteiger charge is -1.93. The minimum Gasteiger partial charge on any atom is -0.492 e. The number of nitrogens with zero attached hydrogens (tertiary/aromatic N) is 6. The summed E-state index contributed by atoms with van der Waals surface area (Å²) in [6.07, 6.45) is 2.41. The Kier molecular flexibility index (Phi) is 3.18. The summed E-state index contributed by atoms with van der Waals surface area (Å²) in [5, 5.41) is 20.6. The molecule has 3 rings (SSSR count). The summed E-state index contributed by atoms with van der Waals surface area (Å²) in [6, 6.07) is 0. The number of rotatable bonds is 4. The Bertz CT molecular complexity index is 769. The van der Waals surface area contributed by atoms with Gasteiger partial charge in [-0.2, -0.15) is 19.1 Å². The first-order valence-corrected chi connectivity index (χ1v) is 6.85. The lowest BCUT2D eigenvalue weighted by molar-refractivity contribution is 0.416. The predicted molar refractivity (Wildman–Crippen MR) is 74.3 cm³/mol. The molecule has 0 aliphatic rings. The Balaban J connectivity index is 2.02. The molecule has 104 valence electrons. The van der Waals surface area contributed by atoms with Crippen molar-refractivity contribution in [2.45, 2.75) is 20.3 Å². The molecule has 3 aromatic rings. The van der Waals surface area contributed by atoms with Crippen LogP contribution in [0.3, 0.4) is 0 Å². The quantitative estimate of drug-likeness (QED) is 0.748. The van der Waals surface area contributed by atoms with Crippen LogP contribution in [-0.2, 0) is 6.42 Å². The van der Waals surface area contributed by atoms with Gasteiger partial charge in [0.05, 0.1) is 19.0 Å². The molecule has 0 saturated heterocycles. The van der Waals surface area contributed by atoms with E-state index < -0.39 is 0 Å². The monoisotopic (exact) mass is 291 g/mol. The first-order chi connectivity index (χ1) is 9.74. The average Bonchev–Trinajstić information content (AvgIpc) is 3.11. The van der Waals surface area contributed by atoms with Crippen molar-refractivity contribution in [2.24, 2.45) is 10.2 Å². The molecule has 0 spiro atoms. The van der Waals surface area contributed by atoms with E-state index in [9.17, 15) is 0 Å². The zero-order valence-electron chi connectivity index (χ0n) is 11.3. The summed E-state index contributed by atoms with van der Waals surface area (Å²) < 4.78 is 10.9. The van der Waals surface area contributed by atoms with Crippen molar-refractivity contribution in [2.75, 3.05) is 7.11 Å². The van der Waals surface area contributed by atoms with Gasteiger partial charge in [0, 0.05) is 6.42 Å². The molecule has 0 atom stereocenters. The number of ether oxygens (including phenoxy) is 1. The van der Waals surface area contributed by atoms with Gasteiger partial charge in [0.2, 0.25) is 5.00 Å². The summed E-state index contributed by atoms with van der Waals surface area (Å²) in [6.45, 7) is 3.91. The van der Waals surface area contributed by atoms with Crippen molar-refractivity contribution in [3.8, 4) is 5.75 Å². The molecule has 0 amide bonds. The average molecular weight is 291 g/mol. The van der Waals surface area contributed by atoms with Crippen molar-refractivity contribution in [3.63, 3.8) is 0 Å². The SMILES string of the molecule is CCc1n[nH]c2c(N=Nc3sncc3OC)c(C)nn12. The molecule has 1 N–H and O–H groups in total. The Morgan fingerprint density at radius 3 is 3.05 bits per heavy atom. The number of H-pyrrole nitrogens is 1. The smallest absolute Gasteiger partial charge is 0.200 e. The maximum absolute atomic E-state index is 5.15. The molecular weight excluding hydrogens is 278 g/mol. The third-order valence-electron chi connectivity index (χ3n) is 2.86. The number of hydrogen-bond acceptors (Lipinski definition) is 7. The van der Waals surface area contributed by atoms with Gasteiger partial charge in [-0.05, 0) is 18.5 Å². The Morgan fingerprint density at radius 1 is 1.45 bits per heavy atom. The highest BCUT2D eigenvalue weighted by Gasteiger charge is 2.14. The number of aromatic amines is 1. The van der Waals surface area contributed by atoms with Crippen LogP contribution >= 0.6 is 11.5 Å². The highest BCUT2D eigenvalue weighted by Crippen LogP contribution is 2.34. The van der Waals surface area contributed by atoms with Crippen LogP contribution in [0.5, 0.6) is 5.75 Å². The van der Waals surface area contributed by atoms with E-state index in [0.29, 0.717) is 16.4 Å². The molecule has 3 aromatic heterocycles. The molecule has 0 unspecified atom stereocenters. The molecule has 9 heteroatoms. The highest BCUT2D eigenvalue weighted by atomic mass is 32.1. The minimum absolute atomic E-state index is 0.610. The predicted octanol–water partition coefficient (Wildman–Crippen LogP) is 2.81. The zero-order chi connectivity index (χ0) is 14.1. The van der Waals surface area contributed by atoms with E-state index in [1.54, 1.807) is 17.8 Å². The van der Waals surface area contributed by atoms with Crippen molar-refractivity contribution in [1.82, 2.24) is 24.2 Å². The van der Waals surface area contributed by atoms with Gasteiger partial charge in [0.1, 0.15) is 0 Å². The molecule has 0 saturated carbocycles. The third-order valence-corrected chi connectivity index (χ3v) is 3.53. The normalized spacial score (nSPS) is 11.8. The van der Waals surface area contributed by atoms with Crippen LogP contribution in [0.15, 0.2) is 16.4 Å². The van der Waals surface area contributed by atoms with Crippen molar-refractivity contribution in [1.29, 1.82) is 0 Å². The fourth-order valence-electron chi connectivity index (χ4n) is 1.85. The summed E-state index contributed by atoms with van der Waals surface area (Å²) in [5.74, 6) is 1.47. The molecule has 0 bridgehead atoms. The molecule has 0 fully saturated rings. The summed E-state index contributed by atoms with van der Waals surface area (Å²) in [7, 11) is 1.58. The minimum atomic E-state index is 0.610. The van der Waals surface area contributed by atoms with Gasteiger partial charge in [-0.15, -0.1) is 10.2 Å². The number of aryl methyl sites for hydroxylation is 2. The second-order valence-corrected chi connectivity index (χ2v) is 4.87. The van der Waals surface area contributed by atoms with Crippen LogP contribution in [-0.4, -0.2) is 31.3 Å². The van der Waals surface area contributed by atoms with Gasteiger partial charge in [-0.3, -0.25) is 5.10 Å². The largest absolute Gasteiger partial charge is 0.492 e. The van der Waals surface area contributed by atoms with Crippen molar-refractivity contribution >= 4 is 27.9 Å². The van der Waals surface area contributed by atoms with Crippen LogP contribution in [0.25, 0.3) is 5.65 Å². The number of hydrogen-bond donors (Lipinski definition) is 1. The van der Waals surface area contributed by atoms with Crippen LogP contribution in [0, 0.1) is 6.92 Å². The summed E-state index contributed by atoms with van der Waals surface area (Å²) in [5.41, 5.74) is 2.21. The first kappa shape index (κ1) is 12.7. The standard InChI is InChI=1S/C11H13N7OS/c1-4-8-13-15-10-9(6(2)17-18(8)10)14-16-11-7(19-3)5-12-20-11/h5,15H,4H2,1-3H3. The van der Waals surface area contributed by atoms with Gasteiger partial charge in [0.25, 0.3) is 0 Å². The highest BCUT2D eigenvalue weighted by molar-refractivity contribution is 7.10. The van der Waals surface area contributed by atoms with E-state index in [2.05, 4.69) is 29.9 Å². The fraction of sp³-hybridized carbons (Fsp3) is 0.364. The van der Waals surface area contributed by atoms with Crippen LogP contribution in [0.2, 0.25) is 0 Å². The molecule has 20 heavy (non-hydrogen) atoms. The van der Waals surface area contributed by atoms with E-state index in [4.69, 9.17) is 4.74 Å². The fourth-order valence-corrected chi connectivity index (χ4v) is 2.40. The van der Waals surface area contributed by atoms with Crippen LogP contribution in [0.4, 0.5) is 10.7 Å². The van der Waals surface area contributed by atoms with Crippen LogP contribution < -0.4 is 4.74 Å². The molecule has 0 aliphatic carbocycles. The molecule has 8 nitrogen and oxygen atoms in total. The summed E-state index contributed by atoms with van der Waals surface area (Å²) >= 11 is 1.23. The van der Waals surface area contributed by atoms with Crippen LogP contribution in [0.1, 0.15) is 18.4 Å². The van der Waals surface area contributed by atoms with Gasteiger partial charge in [0.15, 0.2) is 22.9 Å². The Morgan fingerprint density at radius 2 is 2.30 bits per heavy atom. The topological polar surface area (TPSA) is 92.8 Å². The summed E-state index contributed by atoms with van der Waals surface area (Å²) in [4.78, 5) is 0. The molecular formula is C11H13N7OS. The van der Waals surface area contributed by atoms with E-state index in [-0.39, 0.29) is 0 Å². The molecule has 0 aliphatic heterocycles. The molecule has 0 radical (unpaired) electrons. The maximum atomic E-state index is 5.15. The Labute approximate surface area is 118 Å². The first-order valence-electron chi connectivity index (χ1n) is 6.07. The lowest BCUT2D eigenvalue weighted by atomic mass is 10.4. The lowest BCUT2D eigenvalue weighted by Crippen LogP contribution is -1.92. The second kappa shape index (κ2) is 5.00. The number of aromatic nitrogens is 5. The second-order valence-electron chi connectivity index (χ2n) is 4.09. The number of methoxy groups -OCH3 is 1. The van der Waals surface area contributed by atoms with Gasteiger partial charge in [-0.25, -0.2) is 0 Å². The van der Waals surface area contributed by atoms with Gasteiger partial charge >= 0.3 is 0 Å². The maximum Gasteiger partial charge on any atom is 0.200 e. The van der Waals surface area contributed by atoms with E-state index in [0.717, 1.165) is 23.6 Å². The number of fused-ring (bicyclic) bond motifs is 1. The van der Waals surface area contributed by atoms with Crippen molar-refractivity contribution < 1.29 is 4.74 Å². The number of azo groups is 1. The molecule has 3 heterocycles. The third kappa shape index (κ3) is 1.95. The van der Waals surface area contributed by atoms with E-state index in [1.807, 2.05) is 13.8 Å². The van der Waals surface area contributed by atoms with Crippen molar-refractivity contribution in [3.05, 3.63) is 17.7 Å². The van der Waals surface area contributed by atoms with Gasteiger partial charge < -0.3 is 4.74 Å². The molecule has 0 aromatic carbocycles. The van der Waals surface area contributed by atoms with E-state index >= 15 is 0 Å². The Hall–Kier alpha value is -2.29. The van der Waals surface area contributed by atoms with Gasteiger partial charge in [-0.1, -0.05) is 6.92 Å². The zero-order valence-corrected chi connectivity index (χ0v) is 12.1. The van der Waals surface area contributed by atoms with E-state index in [1.165, 1.54) is 11.5 Å².